The minimum Gasteiger partial charge on any atom is -0.494 e. The Morgan fingerprint density at radius 1 is 1.14 bits per heavy atom. The largest absolute Gasteiger partial charge is 0.494 e. The SMILES string of the molecule is CNC(CCOc1cccc(C)c1)c1cccc(F)c1F. The van der Waals surface area contributed by atoms with Crippen molar-refractivity contribution < 1.29 is 13.5 Å². The van der Waals surface area contributed by atoms with Gasteiger partial charge >= 0.3 is 0 Å². The molecule has 0 bridgehead atoms. The summed E-state index contributed by atoms with van der Waals surface area (Å²) in [4.78, 5) is 0. The van der Waals surface area contributed by atoms with Gasteiger partial charge in [0.25, 0.3) is 0 Å². The normalized spacial score (nSPS) is 12.2. The zero-order valence-corrected chi connectivity index (χ0v) is 12.2. The molecule has 0 radical (unpaired) electrons. The lowest BCUT2D eigenvalue weighted by atomic mass is 10.0. The fourth-order valence-corrected chi connectivity index (χ4v) is 2.24. The summed E-state index contributed by atoms with van der Waals surface area (Å²) >= 11 is 0. The molecular formula is C17H19F2NO. The van der Waals surface area contributed by atoms with Gasteiger partial charge in [0.1, 0.15) is 5.75 Å². The average Bonchev–Trinajstić information content (AvgIpc) is 2.47. The van der Waals surface area contributed by atoms with Gasteiger partial charge in [-0.2, -0.15) is 0 Å². The highest BCUT2D eigenvalue weighted by molar-refractivity contribution is 5.27. The quantitative estimate of drug-likeness (QED) is 0.868. The van der Waals surface area contributed by atoms with Crippen molar-refractivity contribution in [1.82, 2.24) is 5.32 Å². The number of hydrogen-bond donors (Lipinski definition) is 1. The van der Waals surface area contributed by atoms with Crippen LogP contribution in [-0.4, -0.2) is 13.7 Å². The highest BCUT2D eigenvalue weighted by Gasteiger charge is 2.16. The summed E-state index contributed by atoms with van der Waals surface area (Å²) in [6.07, 6.45) is 0.546. The number of aryl methyl sites for hydroxylation is 1. The van der Waals surface area contributed by atoms with E-state index < -0.39 is 11.6 Å². The van der Waals surface area contributed by atoms with Gasteiger partial charge in [0.15, 0.2) is 11.6 Å². The van der Waals surface area contributed by atoms with Crippen LogP contribution in [0.15, 0.2) is 42.5 Å². The maximum absolute atomic E-state index is 13.8. The first-order valence-electron chi connectivity index (χ1n) is 6.92. The molecule has 21 heavy (non-hydrogen) atoms. The van der Waals surface area contributed by atoms with Crippen molar-refractivity contribution in [1.29, 1.82) is 0 Å². The second-order valence-corrected chi connectivity index (χ2v) is 4.94. The smallest absolute Gasteiger partial charge is 0.163 e. The zero-order chi connectivity index (χ0) is 15.2. The molecule has 1 N–H and O–H groups in total. The molecule has 1 unspecified atom stereocenters. The third kappa shape index (κ3) is 4.02. The summed E-state index contributed by atoms with van der Waals surface area (Å²) in [6.45, 7) is 2.41. The highest BCUT2D eigenvalue weighted by Crippen LogP contribution is 2.22. The van der Waals surface area contributed by atoms with Crippen LogP contribution in [0.25, 0.3) is 0 Å². The molecule has 112 valence electrons. The van der Waals surface area contributed by atoms with Crippen LogP contribution in [0, 0.1) is 18.6 Å². The van der Waals surface area contributed by atoms with E-state index in [4.69, 9.17) is 4.74 Å². The number of halogens is 2. The van der Waals surface area contributed by atoms with Crippen molar-refractivity contribution in [2.24, 2.45) is 0 Å². The van der Waals surface area contributed by atoms with Crippen molar-refractivity contribution in [2.75, 3.05) is 13.7 Å². The molecule has 0 fully saturated rings. The Morgan fingerprint density at radius 3 is 2.62 bits per heavy atom. The maximum atomic E-state index is 13.8. The number of ether oxygens (including phenoxy) is 1. The number of rotatable bonds is 6. The van der Waals surface area contributed by atoms with Gasteiger partial charge in [0.2, 0.25) is 0 Å². The van der Waals surface area contributed by atoms with Crippen LogP contribution in [-0.2, 0) is 0 Å². The molecule has 1 atom stereocenters. The lowest BCUT2D eigenvalue weighted by Crippen LogP contribution is -2.20. The Morgan fingerprint density at radius 2 is 1.90 bits per heavy atom. The first-order valence-corrected chi connectivity index (χ1v) is 6.92. The van der Waals surface area contributed by atoms with Crippen LogP contribution in [0.3, 0.4) is 0 Å². The highest BCUT2D eigenvalue weighted by atomic mass is 19.2. The first-order chi connectivity index (χ1) is 10.1. The molecule has 2 rings (SSSR count). The monoisotopic (exact) mass is 291 g/mol. The molecule has 0 aliphatic heterocycles. The summed E-state index contributed by atoms with van der Waals surface area (Å²) in [5.74, 6) is -0.843. The number of hydrogen-bond acceptors (Lipinski definition) is 2. The van der Waals surface area contributed by atoms with E-state index in [-0.39, 0.29) is 6.04 Å². The van der Waals surface area contributed by atoms with E-state index in [2.05, 4.69) is 5.32 Å². The standard InChI is InChI=1S/C17H19F2NO/c1-12-5-3-6-13(11-12)21-10-9-16(20-2)14-7-4-8-15(18)17(14)19/h3-8,11,16,20H,9-10H2,1-2H3. The van der Waals surface area contributed by atoms with E-state index in [1.165, 1.54) is 6.07 Å². The molecule has 2 aromatic rings. The molecule has 2 nitrogen and oxygen atoms in total. The summed E-state index contributed by atoms with van der Waals surface area (Å²) < 4.78 is 32.7. The third-order valence-corrected chi connectivity index (χ3v) is 3.37. The Bertz CT molecular complexity index is 601. The Kier molecular flexibility index (Phi) is 5.28. The van der Waals surface area contributed by atoms with Crippen LogP contribution in [0.2, 0.25) is 0 Å². The molecule has 0 heterocycles. The van der Waals surface area contributed by atoms with Crippen molar-refractivity contribution in [3.8, 4) is 5.75 Å². The predicted molar refractivity (Wildman–Crippen MR) is 79.4 cm³/mol. The number of nitrogens with one attached hydrogen (secondary N) is 1. The van der Waals surface area contributed by atoms with Crippen molar-refractivity contribution in [2.45, 2.75) is 19.4 Å². The van der Waals surface area contributed by atoms with Crippen LogP contribution < -0.4 is 10.1 Å². The van der Waals surface area contributed by atoms with Gasteiger partial charge in [0, 0.05) is 18.0 Å². The molecule has 0 aromatic heterocycles. The Labute approximate surface area is 123 Å². The lowest BCUT2D eigenvalue weighted by molar-refractivity contribution is 0.287. The molecule has 0 amide bonds. The zero-order valence-electron chi connectivity index (χ0n) is 12.2. The molecule has 2 aromatic carbocycles. The fraction of sp³-hybridized carbons (Fsp3) is 0.294. The van der Waals surface area contributed by atoms with Crippen LogP contribution >= 0.6 is 0 Å². The Hall–Kier alpha value is -1.94. The topological polar surface area (TPSA) is 21.3 Å². The van der Waals surface area contributed by atoms with Crippen LogP contribution in [0.1, 0.15) is 23.6 Å². The van der Waals surface area contributed by atoms with E-state index >= 15 is 0 Å². The van der Waals surface area contributed by atoms with Gasteiger partial charge in [-0.1, -0.05) is 24.3 Å². The molecule has 0 saturated heterocycles. The van der Waals surface area contributed by atoms with Gasteiger partial charge in [-0.3, -0.25) is 0 Å². The van der Waals surface area contributed by atoms with Crippen molar-refractivity contribution in [3.63, 3.8) is 0 Å². The third-order valence-electron chi connectivity index (χ3n) is 3.37. The van der Waals surface area contributed by atoms with Gasteiger partial charge in [-0.05, 0) is 37.7 Å². The molecule has 0 saturated carbocycles. The fourth-order valence-electron chi connectivity index (χ4n) is 2.24. The molecule has 4 heteroatoms. The van der Waals surface area contributed by atoms with E-state index in [9.17, 15) is 8.78 Å². The van der Waals surface area contributed by atoms with Gasteiger partial charge in [-0.25, -0.2) is 8.78 Å². The van der Waals surface area contributed by atoms with Crippen molar-refractivity contribution in [3.05, 3.63) is 65.2 Å². The predicted octanol–water partition coefficient (Wildman–Crippen LogP) is 4.00. The van der Waals surface area contributed by atoms with E-state index in [1.54, 1.807) is 13.1 Å². The first kappa shape index (κ1) is 15.4. The molecular weight excluding hydrogens is 272 g/mol. The van der Waals surface area contributed by atoms with Gasteiger partial charge in [0.05, 0.1) is 6.61 Å². The van der Waals surface area contributed by atoms with Gasteiger partial charge < -0.3 is 10.1 Å². The minimum absolute atomic E-state index is 0.287. The van der Waals surface area contributed by atoms with E-state index in [0.717, 1.165) is 17.4 Å². The second kappa shape index (κ2) is 7.18. The van der Waals surface area contributed by atoms with Crippen LogP contribution in [0.4, 0.5) is 8.78 Å². The Balaban J connectivity index is 1.98. The number of benzene rings is 2. The summed E-state index contributed by atoms with van der Waals surface area (Å²) in [5.41, 5.74) is 1.44. The van der Waals surface area contributed by atoms with Gasteiger partial charge in [-0.15, -0.1) is 0 Å². The minimum atomic E-state index is -0.827. The van der Waals surface area contributed by atoms with Crippen LogP contribution in [0.5, 0.6) is 5.75 Å². The maximum Gasteiger partial charge on any atom is 0.163 e. The average molecular weight is 291 g/mol. The molecule has 0 spiro atoms. The summed E-state index contributed by atoms with van der Waals surface area (Å²) in [7, 11) is 1.72. The second-order valence-electron chi connectivity index (χ2n) is 4.94. The lowest BCUT2D eigenvalue weighted by Gasteiger charge is -2.18. The molecule has 0 aliphatic carbocycles. The van der Waals surface area contributed by atoms with E-state index in [1.807, 2.05) is 31.2 Å². The summed E-state index contributed by atoms with van der Waals surface area (Å²) in [5, 5.41) is 3.00. The van der Waals surface area contributed by atoms with Crippen molar-refractivity contribution >= 4 is 0 Å². The summed E-state index contributed by atoms with van der Waals surface area (Å²) in [6, 6.07) is 11.7. The van der Waals surface area contributed by atoms with E-state index in [0.29, 0.717) is 18.6 Å². The molecule has 0 aliphatic rings.